The number of benzene rings is 1. The van der Waals surface area contributed by atoms with Crippen molar-refractivity contribution in [2.75, 3.05) is 18.9 Å². The predicted molar refractivity (Wildman–Crippen MR) is 66.7 cm³/mol. The van der Waals surface area contributed by atoms with Crippen LogP contribution in [0.4, 0.5) is 5.69 Å². The van der Waals surface area contributed by atoms with E-state index in [2.05, 4.69) is 0 Å². The molecule has 1 fully saturated rings. The number of aryl methyl sites for hydroxylation is 1. The molecule has 1 saturated heterocycles. The molecule has 0 unspecified atom stereocenters. The van der Waals surface area contributed by atoms with Gasteiger partial charge in [-0.05, 0) is 31.4 Å². The van der Waals surface area contributed by atoms with Crippen LogP contribution in [0.2, 0.25) is 0 Å². The van der Waals surface area contributed by atoms with Crippen LogP contribution >= 0.6 is 0 Å². The Morgan fingerprint density at radius 2 is 2.35 bits per heavy atom. The average Bonchev–Trinajstić information content (AvgIpc) is 2.80. The highest BCUT2D eigenvalue weighted by atomic mass is 16.3. The van der Waals surface area contributed by atoms with Gasteiger partial charge >= 0.3 is 0 Å². The number of likely N-dealkylation sites (tertiary alicyclic amines) is 1. The Kier molecular flexibility index (Phi) is 3.33. The molecule has 0 saturated carbocycles. The maximum Gasteiger partial charge on any atom is 0.256 e. The minimum Gasteiger partial charge on any atom is -0.398 e. The molecule has 0 radical (unpaired) electrons. The summed E-state index contributed by atoms with van der Waals surface area (Å²) in [5.74, 6) is -0.0669. The van der Waals surface area contributed by atoms with Gasteiger partial charge in [-0.2, -0.15) is 0 Å². The summed E-state index contributed by atoms with van der Waals surface area (Å²) in [5.41, 5.74) is 7.93. The SMILES string of the molecule is Cc1cccc(C(=O)N2CCC[C@@H]2CO)c1N. The Bertz CT molecular complexity index is 431. The maximum absolute atomic E-state index is 12.3. The minimum atomic E-state index is -0.0669. The number of nitrogens with two attached hydrogens (primary N) is 1. The third kappa shape index (κ3) is 2.13. The normalized spacial score (nSPS) is 19.6. The van der Waals surface area contributed by atoms with Crippen LogP contribution in [0, 0.1) is 6.92 Å². The minimum absolute atomic E-state index is 0.0253. The first-order valence-electron chi connectivity index (χ1n) is 5.92. The first-order valence-corrected chi connectivity index (χ1v) is 5.92. The van der Waals surface area contributed by atoms with Crippen LogP contribution in [0.15, 0.2) is 18.2 Å². The molecule has 92 valence electrons. The number of carbonyl (C=O) groups is 1. The fraction of sp³-hybridized carbons (Fsp3) is 0.462. The molecule has 1 aliphatic rings. The predicted octanol–water partition coefficient (Wildman–Crippen LogP) is 1.17. The average molecular weight is 234 g/mol. The lowest BCUT2D eigenvalue weighted by molar-refractivity contribution is 0.0678. The van der Waals surface area contributed by atoms with E-state index in [-0.39, 0.29) is 18.6 Å². The van der Waals surface area contributed by atoms with Gasteiger partial charge in [0, 0.05) is 12.2 Å². The molecule has 1 aromatic rings. The van der Waals surface area contributed by atoms with Gasteiger partial charge in [0.05, 0.1) is 18.2 Å². The Morgan fingerprint density at radius 1 is 1.59 bits per heavy atom. The van der Waals surface area contributed by atoms with E-state index in [1.54, 1.807) is 11.0 Å². The number of aliphatic hydroxyl groups excluding tert-OH is 1. The van der Waals surface area contributed by atoms with Crippen LogP contribution in [0.5, 0.6) is 0 Å². The molecule has 17 heavy (non-hydrogen) atoms. The summed E-state index contributed by atoms with van der Waals surface area (Å²) in [4.78, 5) is 14.1. The van der Waals surface area contributed by atoms with Gasteiger partial charge in [-0.3, -0.25) is 4.79 Å². The van der Waals surface area contributed by atoms with E-state index in [1.165, 1.54) is 0 Å². The largest absolute Gasteiger partial charge is 0.398 e. The van der Waals surface area contributed by atoms with Crippen molar-refractivity contribution in [1.82, 2.24) is 4.90 Å². The van der Waals surface area contributed by atoms with E-state index in [0.717, 1.165) is 18.4 Å². The van der Waals surface area contributed by atoms with E-state index in [9.17, 15) is 9.90 Å². The van der Waals surface area contributed by atoms with Gasteiger partial charge in [0.2, 0.25) is 0 Å². The molecule has 0 bridgehead atoms. The summed E-state index contributed by atoms with van der Waals surface area (Å²) in [6.45, 7) is 2.62. The third-order valence-electron chi connectivity index (χ3n) is 3.40. The molecular formula is C13H18N2O2. The molecule has 1 atom stereocenters. The van der Waals surface area contributed by atoms with Crippen molar-refractivity contribution in [2.45, 2.75) is 25.8 Å². The number of aliphatic hydroxyl groups is 1. The molecule has 0 aromatic heterocycles. The molecule has 1 heterocycles. The topological polar surface area (TPSA) is 66.6 Å². The van der Waals surface area contributed by atoms with Crippen LogP contribution in [0.3, 0.4) is 0 Å². The summed E-state index contributed by atoms with van der Waals surface area (Å²) in [6, 6.07) is 5.42. The van der Waals surface area contributed by atoms with Gasteiger partial charge in [0.15, 0.2) is 0 Å². The number of anilines is 1. The van der Waals surface area contributed by atoms with E-state index in [1.807, 2.05) is 19.1 Å². The van der Waals surface area contributed by atoms with Crippen LogP contribution in [0.1, 0.15) is 28.8 Å². The number of amides is 1. The summed E-state index contributed by atoms with van der Waals surface area (Å²) >= 11 is 0. The van der Waals surface area contributed by atoms with Gasteiger partial charge in [0.1, 0.15) is 0 Å². The fourth-order valence-electron chi connectivity index (χ4n) is 2.31. The first kappa shape index (κ1) is 11.9. The number of para-hydroxylation sites is 1. The van der Waals surface area contributed by atoms with Crippen molar-refractivity contribution in [3.8, 4) is 0 Å². The second kappa shape index (κ2) is 4.75. The summed E-state index contributed by atoms with van der Waals surface area (Å²) < 4.78 is 0. The Hall–Kier alpha value is -1.55. The Labute approximate surface area is 101 Å². The van der Waals surface area contributed by atoms with E-state index in [0.29, 0.717) is 17.8 Å². The Morgan fingerprint density at radius 3 is 3.06 bits per heavy atom. The number of carbonyl (C=O) groups excluding carboxylic acids is 1. The van der Waals surface area contributed by atoms with E-state index >= 15 is 0 Å². The second-order valence-corrected chi connectivity index (χ2v) is 4.51. The molecule has 4 nitrogen and oxygen atoms in total. The summed E-state index contributed by atoms with van der Waals surface area (Å²) in [5, 5.41) is 9.23. The Balaban J connectivity index is 2.28. The molecule has 0 aliphatic carbocycles. The standard InChI is InChI=1S/C13H18N2O2/c1-9-4-2-6-11(12(9)14)13(17)15-7-3-5-10(15)8-16/h2,4,6,10,16H,3,5,7-8,14H2,1H3/t10-/m1/s1. The number of hydrogen-bond donors (Lipinski definition) is 2. The van der Waals surface area contributed by atoms with Gasteiger partial charge in [0.25, 0.3) is 5.91 Å². The number of nitrogens with zero attached hydrogens (tertiary/aromatic N) is 1. The van der Waals surface area contributed by atoms with E-state index in [4.69, 9.17) is 5.73 Å². The quantitative estimate of drug-likeness (QED) is 0.755. The van der Waals surface area contributed by atoms with Crippen molar-refractivity contribution >= 4 is 11.6 Å². The first-order chi connectivity index (χ1) is 8.15. The van der Waals surface area contributed by atoms with Crippen molar-refractivity contribution in [3.63, 3.8) is 0 Å². The lowest BCUT2D eigenvalue weighted by atomic mass is 10.1. The zero-order chi connectivity index (χ0) is 12.4. The number of nitrogen functional groups attached to an aromatic ring is 1. The van der Waals surface area contributed by atoms with Crippen LogP contribution in [-0.4, -0.2) is 35.1 Å². The van der Waals surface area contributed by atoms with Gasteiger partial charge in [-0.25, -0.2) is 0 Å². The molecule has 0 spiro atoms. The van der Waals surface area contributed by atoms with Crippen LogP contribution in [0.25, 0.3) is 0 Å². The monoisotopic (exact) mass is 234 g/mol. The molecule has 2 rings (SSSR count). The highest BCUT2D eigenvalue weighted by molar-refractivity contribution is 6.00. The summed E-state index contributed by atoms with van der Waals surface area (Å²) in [6.07, 6.45) is 1.82. The van der Waals surface area contributed by atoms with Crippen molar-refractivity contribution < 1.29 is 9.90 Å². The van der Waals surface area contributed by atoms with Crippen LogP contribution < -0.4 is 5.73 Å². The lowest BCUT2D eigenvalue weighted by Gasteiger charge is -2.24. The van der Waals surface area contributed by atoms with Gasteiger partial charge < -0.3 is 15.7 Å². The van der Waals surface area contributed by atoms with Crippen molar-refractivity contribution in [2.24, 2.45) is 0 Å². The lowest BCUT2D eigenvalue weighted by Crippen LogP contribution is -2.38. The highest BCUT2D eigenvalue weighted by Crippen LogP contribution is 2.23. The smallest absolute Gasteiger partial charge is 0.256 e. The van der Waals surface area contributed by atoms with Crippen molar-refractivity contribution in [3.05, 3.63) is 29.3 Å². The fourth-order valence-corrected chi connectivity index (χ4v) is 2.31. The van der Waals surface area contributed by atoms with Gasteiger partial charge in [-0.1, -0.05) is 12.1 Å². The molecule has 1 aromatic carbocycles. The molecule has 1 aliphatic heterocycles. The maximum atomic E-state index is 12.3. The molecular weight excluding hydrogens is 216 g/mol. The number of rotatable bonds is 2. The zero-order valence-electron chi connectivity index (χ0n) is 10.0. The van der Waals surface area contributed by atoms with Gasteiger partial charge in [-0.15, -0.1) is 0 Å². The number of hydrogen-bond acceptors (Lipinski definition) is 3. The third-order valence-corrected chi connectivity index (χ3v) is 3.40. The highest BCUT2D eigenvalue weighted by Gasteiger charge is 2.29. The molecule has 3 N–H and O–H groups in total. The second-order valence-electron chi connectivity index (χ2n) is 4.51. The molecule has 4 heteroatoms. The van der Waals surface area contributed by atoms with Crippen LogP contribution in [-0.2, 0) is 0 Å². The molecule has 1 amide bonds. The zero-order valence-corrected chi connectivity index (χ0v) is 10.0. The summed E-state index contributed by atoms with van der Waals surface area (Å²) in [7, 11) is 0. The van der Waals surface area contributed by atoms with E-state index < -0.39 is 0 Å². The van der Waals surface area contributed by atoms with Crippen molar-refractivity contribution in [1.29, 1.82) is 0 Å².